The molecule has 128 valence electrons. The lowest BCUT2D eigenvalue weighted by Gasteiger charge is -2.08. The molecule has 0 saturated heterocycles. The third kappa shape index (κ3) is 3.91. The fourth-order valence-electron chi connectivity index (χ4n) is 2.29. The Hall–Kier alpha value is -3.02. The molecule has 5 nitrogen and oxygen atoms in total. The quantitative estimate of drug-likeness (QED) is 0.524. The maximum atomic E-state index is 13.4. The van der Waals surface area contributed by atoms with Gasteiger partial charge < -0.3 is 9.47 Å². The van der Waals surface area contributed by atoms with Gasteiger partial charge in [0.05, 0.1) is 28.0 Å². The molecule has 1 aromatic heterocycles. The van der Waals surface area contributed by atoms with E-state index in [0.717, 1.165) is 16.9 Å². The van der Waals surface area contributed by atoms with E-state index in [9.17, 15) is 9.18 Å². The van der Waals surface area contributed by atoms with Crippen LogP contribution in [0, 0.1) is 19.7 Å². The van der Waals surface area contributed by atoms with Crippen molar-refractivity contribution in [3.05, 3.63) is 65.2 Å². The highest BCUT2D eigenvalue weighted by molar-refractivity contribution is 5.93. The summed E-state index contributed by atoms with van der Waals surface area (Å²) in [5, 5.41) is 0. The van der Waals surface area contributed by atoms with Gasteiger partial charge in [-0.3, -0.25) is 0 Å². The number of carbonyl (C=O) groups is 1. The molecule has 0 radical (unpaired) electrons. The highest BCUT2D eigenvalue weighted by Crippen LogP contribution is 2.16. The highest BCUT2D eigenvalue weighted by Gasteiger charge is 2.10. The Balaban J connectivity index is 1.60. The molecule has 0 amide bonds. The lowest BCUT2D eigenvalue weighted by molar-refractivity contribution is 0.0448. The number of hydrogen-bond donors (Lipinski definition) is 0. The Kier molecular flexibility index (Phi) is 4.88. The first kappa shape index (κ1) is 16.8. The van der Waals surface area contributed by atoms with Crippen LogP contribution in [0.3, 0.4) is 0 Å². The summed E-state index contributed by atoms with van der Waals surface area (Å²) in [5.41, 5.74) is 3.42. The zero-order valence-corrected chi connectivity index (χ0v) is 14.0. The number of fused-ring (bicyclic) bond motifs is 1. The van der Waals surface area contributed by atoms with E-state index in [1.807, 2.05) is 13.8 Å². The second-order valence-corrected chi connectivity index (χ2v) is 5.51. The second kappa shape index (κ2) is 7.25. The zero-order valence-electron chi connectivity index (χ0n) is 14.0. The second-order valence-electron chi connectivity index (χ2n) is 5.51. The van der Waals surface area contributed by atoms with Gasteiger partial charge in [-0.25, -0.2) is 19.2 Å². The summed E-state index contributed by atoms with van der Waals surface area (Å²) >= 11 is 0. The number of hydrogen-bond acceptors (Lipinski definition) is 5. The topological polar surface area (TPSA) is 61.3 Å². The van der Waals surface area contributed by atoms with E-state index >= 15 is 0 Å². The predicted molar refractivity (Wildman–Crippen MR) is 91.2 cm³/mol. The van der Waals surface area contributed by atoms with Crippen molar-refractivity contribution >= 4 is 17.0 Å². The van der Waals surface area contributed by atoms with E-state index in [0.29, 0.717) is 11.1 Å². The first-order valence-electron chi connectivity index (χ1n) is 7.84. The minimum atomic E-state index is -0.487. The molecule has 0 unspecified atom stereocenters. The number of ether oxygens (including phenoxy) is 2. The van der Waals surface area contributed by atoms with Gasteiger partial charge in [0, 0.05) is 0 Å². The van der Waals surface area contributed by atoms with Crippen LogP contribution in [0.1, 0.15) is 21.7 Å². The molecular formula is C19H17FN2O3. The first-order chi connectivity index (χ1) is 12.0. The predicted octanol–water partition coefficient (Wildman–Crippen LogP) is 3.62. The Bertz CT molecular complexity index is 928. The molecule has 0 spiro atoms. The van der Waals surface area contributed by atoms with Crippen LogP contribution in [0.25, 0.3) is 11.0 Å². The van der Waals surface area contributed by atoms with Crippen LogP contribution in [0.15, 0.2) is 42.5 Å². The molecule has 0 aliphatic carbocycles. The lowest BCUT2D eigenvalue weighted by atomic mass is 10.2. The Labute approximate surface area is 144 Å². The fourth-order valence-corrected chi connectivity index (χ4v) is 2.29. The molecule has 0 fully saturated rings. The van der Waals surface area contributed by atoms with Crippen molar-refractivity contribution in [2.45, 2.75) is 13.8 Å². The molecule has 6 heteroatoms. The van der Waals surface area contributed by atoms with Gasteiger partial charge in [0.25, 0.3) is 0 Å². The van der Waals surface area contributed by atoms with Gasteiger partial charge in [-0.1, -0.05) is 12.1 Å². The molecule has 0 N–H and O–H groups in total. The number of nitrogens with zero attached hydrogens (tertiary/aromatic N) is 2. The summed E-state index contributed by atoms with van der Waals surface area (Å²) in [7, 11) is 0. The minimum Gasteiger partial charge on any atom is -0.487 e. The maximum Gasteiger partial charge on any atom is 0.338 e. The van der Waals surface area contributed by atoms with Crippen LogP contribution in [0.2, 0.25) is 0 Å². The normalized spacial score (nSPS) is 10.7. The number of carbonyl (C=O) groups excluding carboxylic acids is 1. The highest BCUT2D eigenvalue weighted by atomic mass is 19.1. The molecule has 0 aliphatic rings. The molecule has 0 saturated carbocycles. The van der Waals surface area contributed by atoms with E-state index in [4.69, 9.17) is 9.47 Å². The van der Waals surface area contributed by atoms with E-state index in [1.54, 1.807) is 30.3 Å². The van der Waals surface area contributed by atoms with Crippen molar-refractivity contribution in [3.8, 4) is 5.75 Å². The average Bonchev–Trinajstić information content (AvgIpc) is 2.60. The SMILES string of the molecule is Cc1nc2ccc(C(=O)OCCOc3ccccc3F)cc2nc1C. The van der Waals surface area contributed by atoms with Crippen LogP contribution in [0.4, 0.5) is 4.39 Å². The Morgan fingerprint density at radius 3 is 2.48 bits per heavy atom. The number of aryl methyl sites for hydroxylation is 2. The standard InChI is InChI=1S/C19H17FN2O3/c1-12-13(2)22-17-11-14(7-8-16(17)21-12)19(23)25-10-9-24-18-6-4-3-5-15(18)20/h3-8,11H,9-10H2,1-2H3. The molecule has 0 atom stereocenters. The lowest BCUT2D eigenvalue weighted by Crippen LogP contribution is -2.13. The van der Waals surface area contributed by atoms with Crippen LogP contribution in [-0.4, -0.2) is 29.2 Å². The molecule has 3 rings (SSSR count). The fraction of sp³-hybridized carbons (Fsp3) is 0.211. The average molecular weight is 340 g/mol. The summed E-state index contributed by atoms with van der Waals surface area (Å²) in [6.45, 7) is 3.84. The van der Waals surface area contributed by atoms with E-state index in [2.05, 4.69) is 9.97 Å². The van der Waals surface area contributed by atoms with Crippen molar-refractivity contribution in [1.82, 2.24) is 9.97 Å². The first-order valence-corrected chi connectivity index (χ1v) is 7.84. The largest absolute Gasteiger partial charge is 0.487 e. The van der Waals surface area contributed by atoms with Gasteiger partial charge >= 0.3 is 5.97 Å². The number of halogens is 1. The van der Waals surface area contributed by atoms with Crippen molar-refractivity contribution in [1.29, 1.82) is 0 Å². The monoisotopic (exact) mass is 340 g/mol. The third-order valence-electron chi connectivity index (χ3n) is 3.72. The zero-order chi connectivity index (χ0) is 17.8. The van der Waals surface area contributed by atoms with Crippen molar-refractivity contribution in [2.75, 3.05) is 13.2 Å². The van der Waals surface area contributed by atoms with E-state index in [1.165, 1.54) is 12.1 Å². The van der Waals surface area contributed by atoms with Gasteiger partial charge in [-0.2, -0.15) is 0 Å². The summed E-state index contributed by atoms with van der Waals surface area (Å²) in [5.74, 6) is -0.808. The van der Waals surface area contributed by atoms with E-state index in [-0.39, 0.29) is 19.0 Å². The summed E-state index contributed by atoms with van der Waals surface area (Å²) in [4.78, 5) is 21.0. The summed E-state index contributed by atoms with van der Waals surface area (Å²) in [6, 6.07) is 11.1. The summed E-state index contributed by atoms with van der Waals surface area (Å²) < 4.78 is 23.8. The van der Waals surface area contributed by atoms with Crippen LogP contribution < -0.4 is 4.74 Å². The Morgan fingerprint density at radius 2 is 1.72 bits per heavy atom. The van der Waals surface area contributed by atoms with Crippen molar-refractivity contribution in [3.63, 3.8) is 0 Å². The van der Waals surface area contributed by atoms with Crippen LogP contribution >= 0.6 is 0 Å². The molecule has 0 bridgehead atoms. The third-order valence-corrected chi connectivity index (χ3v) is 3.72. The number of para-hydroxylation sites is 1. The van der Waals surface area contributed by atoms with Gasteiger partial charge in [-0.05, 0) is 44.2 Å². The van der Waals surface area contributed by atoms with Gasteiger partial charge in [0.2, 0.25) is 0 Å². The molecule has 1 heterocycles. The molecule has 25 heavy (non-hydrogen) atoms. The maximum absolute atomic E-state index is 13.4. The number of esters is 1. The number of aromatic nitrogens is 2. The molecule has 3 aromatic rings. The van der Waals surface area contributed by atoms with Gasteiger partial charge in [0.1, 0.15) is 13.2 Å². The van der Waals surface area contributed by atoms with E-state index < -0.39 is 11.8 Å². The van der Waals surface area contributed by atoms with Crippen molar-refractivity contribution in [2.24, 2.45) is 0 Å². The molecule has 2 aromatic carbocycles. The molecular weight excluding hydrogens is 323 g/mol. The smallest absolute Gasteiger partial charge is 0.338 e. The summed E-state index contributed by atoms with van der Waals surface area (Å²) in [6.07, 6.45) is 0. The minimum absolute atomic E-state index is 0.0177. The van der Waals surface area contributed by atoms with Gasteiger partial charge in [-0.15, -0.1) is 0 Å². The van der Waals surface area contributed by atoms with Gasteiger partial charge in [0.15, 0.2) is 11.6 Å². The molecule has 0 aliphatic heterocycles. The Morgan fingerprint density at radius 1 is 1.00 bits per heavy atom. The number of rotatable bonds is 5. The van der Waals surface area contributed by atoms with Crippen molar-refractivity contribution < 1.29 is 18.7 Å². The number of benzene rings is 2. The van der Waals surface area contributed by atoms with Crippen LogP contribution in [0.5, 0.6) is 5.75 Å². The van der Waals surface area contributed by atoms with Crippen LogP contribution in [-0.2, 0) is 4.74 Å².